The van der Waals surface area contributed by atoms with E-state index >= 15 is 0 Å². The molecule has 0 amide bonds. The Morgan fingerprint density at radius 1 is 1.30 bits per heavy atom. The molecule has 8 nitrogen and oxygen atoms in total. The van der Waals surface area contributed by atoms with E-state index in [0.29, 0.717) is 24.7 Å². The van der Waals surface area contributed by atoms with Gasteiger partial charge in [0.25, 0.3) is 0 Å². The Hall–Kier alpha value is -1.67. The Balaban J connectivity index is 1.73. The van der Waals surface area contributed by atoms with Gasteiger partial charge in [-0.2, -0.15) is 4.98 Å². The lowest BCUT2D eigenvalue weighted by Crippen LogP contribution is -2.56. The van der Waals surface area contributed by atoms with E-state index in [4.69, 9.17) is 9.26 Å². The van der Waals surface area contributed by atoms with Gasteiger partial charge in [0.2, 0.25) is 5.89 Å². The summed E-state index contributed by atoms with van der Waals surface area (Å²) in [7, 11) is 1.77. The molecule has 1 aliphatic rings. The van der Waals surface area contributed by atoms with Crippen molar-refractivity contribution in [2.75, 3.05) is 46.4 Å². The van der Waals surface area contributed by atoms with Crippen molar-refractivity contribution >= 4 is 5.96 Å². The van der Waals surface area contributed by atoms with Gasteiger partial charge >= 0.3 is 0 Å². The van der Waals surface area contributed by atoms with Crippen LogP contribution < -0.4 is 10.6 Å². The number of ether oxygens (including phenoxy) is 1. The topological polar surface area (TPSA) is 87.8 Å². The summed E-state index contributed by atoms with van der Waals surface area (Å²) < 4.78 is 10.5. The summed E-state index contributed by atoms with van der Waals surface area (Å²) >= 11 is 0. The number of guanidine groups is 1. The Labute approximate surface area is 137 Å². The standard InChI is InChI=1S/C15H28N6O2/c1-12-19-13(23-20-12)5-6-17-14(16-4)18-11-15(2,3)21-7-9-22-10-8-21/h5-11H2,1-4H3,(H2,16,17,18). The maximum atomic E-state index is 5.42. The van der Waals surface area contributed by atoms with Crippen molar-refractivity contribution in [3.63, 3.8) is 0 Å². The fraction of sp³-hybridized carbons (Fsp3) is 0.800. The quantitative estimate of drug-likeness (QED) is 0.571. The van der Waals surface area contributed by atoms with Crippen LogP contribution in [0.3, 0.4) is 0 Å². The van der Waals surface area contributed by atoms with Gasteiger partial charge < -0.3 is 19.9 Å². The third-order valence-corrected chi connectivity index (χ3v) is 3.98. The molecule has 2 heterocycles. The maximum Gasteiger partial charge on any atom is 0.228 e. The Morgan fingerprint density at radius 2 is 2.04 bits per heavy atom. The summed E-state index contributed by atoms with van der Waals surface area (Å²) in [6.07, 6.45) is 0.675. The molecule has 1 aromatic heterocycles. The van der Waals surface area contributed by atoms with Crippen molar-refractivity contribution < 1.29 is 9.26 Å². The minimum Gasteiger partial charge on any atom is -0.379 e. The summed E-state index contributed by atoms with van der Waals surface area (Å²) in [5, 5.41) is 10.4. The van der Waals surface area contributed by atoms with Gasteiger partial charge in [0.05, 0.1) is 13.2 Å². The molecule has 0 spiro atoms. The van der Waals surface area contributed by atoms with Crippen molar-refractivity contribution in [2.45, 2.75) is 32.7 Å². The Bertz CT molecular complexity index is 508. The molecule has 2 rings (SSSR count). The second-order valence-corrected chi connectivity index (χ2v) is 6.25. The first-order valence-electron chi connectivity index (χ1n) is 8.08. The molecule has 8 heteroatoms. The van der Waals surface area contributed by atoms with Crippen molar-refractivity contribution in [2.24, 2.45) is 4.99 Å². The van der Waals surface area contributed by atoms with Crippen LogP contribution in [-0.4, -0.2) is 73.0 Å². The van der Waals surface area contributed by atoms with Gasteiger partial charge in [-0.1, -0.05) is 5.16 Å². The monoisotopic (exact) mass is 324 g/mol. The van der Waals surface area contributed by atoms with Gasteiger partial charge in [0.15, 0.2) is 11.8 Å². The van der Waals surface area contributed by atoms with Gasteiger partial charge in [-0.15, -0.1) is 0 Å². The zero-order valence-electron chi connectivity index (χ0n) is 14.6. The van der Waals surface area contributed by atoms with E-state index in [1.807, 2.05) is 6.92 Å². The number of hydrogen-bond acceptors (Lipinski definition) is 6. The highest BCUT2D eigenvalue weighted by Gasteiger charge is 2.28. The first-order chi connectivity index (χ1) is 11.0. The molecule has 23 heavy (non-hydrogen) atoms. The molecule has 130 valence electrons. The molecular formula is C15H28N6O2. The van der Waals surface area contributed by atoms with Gasteiger partial charge in [0.1, 0.15) is 0 Å². The van der Waals surface area contributed by atoms with Crippen molar-refractivity contribution in [1.82, 2.24) is 25.7 Å². The molecule has 1 fully saturated rings. The highest BCUT2D eigenvalue weighted by atomic mass is 16.5. The third kappa shape index (κ3) is 5.47. The SMILES string of the molecule is CN=C(NCCc1nc(C)no1)NCC(C)(C)N1CCOCC1. The predicted molar refractivity (Wildman–Crippen MR) is 88.6 cm³/mol. The van der Waals surface area contributed by atoms with E-state index in [2.05, 4.69) is 44.5 Å². The van der Waals surface area contributed by atoms with Crippen LogP contribution in [0, 0.1) is 6.92 Å². The largest absolute Gasteiger partial charge is 0.379 e. The van der Waals surface area contributed by atoms with E-state index in [1.54, 1.807) is 7.05 Å². The van der Waals surface area contributed by atoms with Crippen molar-refractivity contribution in [3.05, 3.63) is 11.7 Å². The van der Waals surface area contributed by atoms with Crippen molar-refractivity contribution in [3.8, 4) is 0 Å². The Morgan fingerprint density at radius 3 is 2.65 bits per heavy atom. The van der Waals surface area contributed by atoms with Crippen LogP contribution in [0.15, 0.2) is 9.52 Å². The molecule has 1 aliphatic heterocycles. The maximum absolute atomic E-state index is 5.42. The molecule has 0 radical (unpaired) electrons. The smallest absolute Gasteiger partial charge is 0.228 e. The second-order valence-electron chi connectivity index (χ2n) is 6.25. The zero-order chi connectivity index (χ0) is 16.7. The fourth-order valence-electron chi connectivity index (χ4n) is 2.53. The number of hydrogen-bond donors (Lipinski definition) is 2. The molecule has 0 bridgehead atoms. The summed E-state index contributed by atoms with van der Waals surface area (Å²) in [4.78, 5) is 10.9. The summed E-state index contributed by atoms with van der Waals surface area (Å²) in [6.45, 7) is 11.3. The average Bonchev–Trinajstić information content (AvgIpc) is 2.97. The van der Waals surface area contributed by atoms with Gasteiger partial charge in [-0.05, 0) is 20.8 Å². The fourth-order valence-corrected chi connectivity index (χ4v) is 2.53. The molecule has 1 saturated heterocycles. The van der Waals surface area contributed by atoms with Crippen molar-refractivity contribution in [1.29, 1.82) is 0 Å². The molecule has 0 aromatic carbocycles. The lowest BCUT2D eigenvalue weighted by atomic mass is 10.0. The molecule has 0 saturated carbocycles. The summed E-state index contributed by atoms with van der Waals surface area (Å²) in [5.74, 6) is 2.08. The molecule has 0 aliphatic carbocycles. The van der Waals surface area contributed by atoms with Gasteiger partial charge in [-0.25, -0.2) is 0 Å². The van der Waals surface area contributed by atoms with Crippen LogP contribution in [0.1, 0.15) is 25.6 Å². The van der Waals surface area contributed by atoms with Crippen LogP contribution in [0.5, 0.6) is 0 Å². The van der Waals surface area contributed by atoms with E-state index in [-0.39, 0.29) is 5.54 Å². The summed E-state index contributed by atoms with van der Waals surface area (Å²) in [5.41, 5.74) is 0.0466. The van der Waals surface area contributed by atoms with E-state index < -0.39 is 0 Å². The minimum atomic E-state index is 0.0466. The molecule has 0 atom stereocenters. The lowest BCUT2D eigenvalue weighted by molar-refractivity contribution is -0.00833. The molecule has 0 unspecified atom stereocenters. The first kappa shape index (κ1) is 17.7. The number of aryl methyl sites for hydroxylation is 1. The van der Waals surface area contributed by atoms with Gasteiger partial charge in [0, 0.05) is 45.2 Å². The number of aromatic nitrogens is 2. The van der Waals surface area contributed by atoms with E-state index in [9.17, 15) is 0 Å². The highest BCUT2D eigenvalue weighted by molar-refractivity contribution is 5.79. The van der Waals surface area contributed by atoms with Crippen LogP contribution in [0.4, 0.5) is 0 Å². The van der Waals surface area contributed by atoms with Crippen LogP contribution in [0.25, 0.3) is 0 Å². The highest BCUT2D eigenvalue weighted by Crippen LogP contribution is 2.14. The van der Waals surface area contributed by atoms with Gasteiger partial charge in [-0.3, -0.25) is 9.89 Å². The zero-order valence-corrected chi connectivity index (χ0v) is 14.6. The van der Waals surface area contributed by atoms with E-state index in [1.165, 1.54) is 0 Å². The molecular weight excluding hydrogens is 296 g/mol. The molecule has 2 N–H and O–H groups in total. The second kappa shape index (κ2) is 8.26. The number of aliphatic imine (C=N–C) groups is 1. The van der Waals surface area contributed by atoms with E-state index in [0.717, 1.165) is 38.8 Å². The number of nitrogens with zero attached hydrogens (tertiary/aromatic N) is 4. The normalized spacial score (nSPS) is 17.3. The minimum absolute atomic E-state index is 0.0466. The number of morpholine rings is 1. The average molecular weight is 324 g/mol. The predicted octanol–water partition coefficient (Wildman–Crippen LogP) is 0.196. The van der Waals surface area contributed by atoms with Crippen LogP contribution in [0.2, 0.25) is 0 Å². The number of nitrogens with one attached hydrogen (secondary N) is 2. The summed E-state index contributed by atoms with van der Waals surface area (Å²) in [6, 6.07) is 0. The third-order valence-electron chi connectivity index (χ3n) is 3.98. The van der Waals surface area contributed by atoms with Crippen LogP contribution >= 0.6 is 0 Å². The Kier molecular flexibility index (Phi) is 6.35. The molecule has 1 aromatic rings. The first-order valence-corrected chi connectivity index (χ1v) is 8.08. The van der Waals surface area contributed by atoms with Crippen LogP contribution in [-0.2, 0) is 11.2 Å². The number of rotatable bonds is 6. The lowest BCUT2D eigenvalue weighted by Gasteiger charge is -2.41.